The Bertz CT molecular complexity index is 523. The van der Waals surface area contributed by atoms with Crippen LogP contribution >= 0.6 is 15.9 Å². The van der Waals surface area contributed by atoms with Gasteiger partial charge >= 0.3 is 0 Å². The molecule has 2 aromatic rings. The summed E-state index contributed by atoms with van der Waals surface area (Å²) in [6, 6.07) is 5.59. The first-order valence-corrected chi connectivity index (χ1v) is 5.98. The number of halogens is 1. The van der Waals surface area contributed by atoms with E-state index in [1.165, 1.54) is 0 Å². The molecule has 0 spiro atoms. The van der Waals surface area contributed by atoms with E-state index in [4.69, 9.17) is 4.74 Å². The third-order valence-electron chi connectivity index (χ3n) is 2.48. The van der Waals surface area contributed by atoms with Gasteiger partial charge in [0.25, 0.3) is 0 Å². The molecule has 0 saturated heterocycles. The Morgan fingerprint density at radius 3 is 2.76 bits per heavy atom. The Kier molecular flexibility index (Phi) is 3.49. The number of aliphatic hydroxyl groups excluding tert-OH is 1. The molecular weight excluding hydrogens is 284 g/mol. The lowest BCUT2D eigenvalue weighted by Crippen LogP contribution is -2.05. The van der Waals surface area contributed by atoms with Crippen molar-refractivity contribution in [3.63, 3.8) is 0 Å². The highest BCUT2D eigenvalue weighted by molar-refractivity contribution is 9.10. The van der Waals surface area contributed by atoms with Crippen LogP contribution < -0.4 is 4.74 Å². The van der Waals surface area contributed by atoms with Crippen LogP contribution in [0.4, 0.5) is 0 Å². The molecule has 17 heavy (non-hydrogen) atoms. The molecule has 1 aromatic heterocycles. The first-order chi connectivity index (χ1) is 8.13. The van der Waals surface area contributed by atoms with E-state index in [2.05, 4.69) is 21.0 Å². The lowest BCUT2D eigenvalue weighted by molar-refractivity contribution is 0.194. The van der Waals surface area contributed by atoms with Crippen LogP contribution in [-0.2, 0) is 0 Å². The topological polar surface area (TPSA) is 47.3 Å². The van der Waals surface area contributed by atoms with Crippen molar-refractivity contribution in [3.8, 4) is 11.4 Å². The highest BCUT2D eigenvalue weighted by Gasteiger charge is 2.15. The SMILES string of the molecule is COc1cccc(-n2cc(Br)cn2)c1C(C)O. The van der Waals surface area contributed by atoms with Gasteiger partial charge in [0.15, 0.2) is 0 Å². The molecule has 0 aliphatic rings. The summed E-state index contributed by atoms with van der Waals surface area (Å²) in [5, 5.41) is 14.1. The van der Waals surface area contributed by atoms with Gasteiger partial charge in [0.1, 0.15) is 5.75 Å². The number of methoxy groups -OCH3 is 1. The number of ether oxygens (including phenoxy) is 1. The number of hydrogen-bond acceptors (Lipinski definition) is 3. The first-order valence-electron chi connectivity index (χ1n) is 5.19. The maximum atomic E-state index is 9.85. The van der Waals surface area contributed by atoms with Crippen molar-refractivity contribution < 1.29 is 9.84 Å². The van der Waals surface area contributed by atoms with Crippen LogP contribution in [0.5, 0.6) is 5.75 Å². The molecule has 1 N–H and O–H groups in total. The van der Waals surface area contributed by atoms with Gasteiger partial charge in [-0.1, -0.05) is 6.07 Å². The fraction of sp³-hybridized carbons (Fsp3) is 0.250. The number of hydrogen-bond donors (Lipinski definition) is 1. The molecule has 1 heterocycles. The highest BCUT2D eigenvalue weighted by atomic mass is 79.9. The van der Waals surface area contributed by atoms with Crippen LogP contribution in [0.15, 0.2) is 35.1 Å². The summed E-state index contributed by atoms with van der Waals surface area (Å²) in [7, 11) is 1.59. The molecule has 0 saturated carbocycles. The summed E-state index contributed by atoms with van der Waals surface area (Å²) >= 11 is 3.35. The lowest BCUT2D eigenvalue weighted by Gasteiger charge is -2.15. The quantitative estimate of drug-likeness (QED) is 0.947. The molecule has 5 heteroatoms. The average molecular weight is 297 g/mol. The lowest BCUT2D eigenvalue weighted by atomic mass is 10.1. The maximum absolute atomic E-state index is 9.85. The standard InChI is InChI=1S/C12H13BrN2O2/c1-8(16)12-10(4-3-5-11(12)17-2)15-7-9(13)6-14-15/h3-8,16H,1-2H3. The molecule has 0 aliphatic heterocycles. The minimum Gasteiger partial charge on any atom is -0.496 e. The molecule has 1 aromatic carbocycles. The summed E-state index contributed by atoms with van der Waals surface area (Å²) in [4.78, 5) is 0. The van der Waals surface area contributed by atoms with Gasteiger partial charge in [-0.15, -0.1) is 0 Å². The van der Waals surface area contributed by atoms with Crippen LogP contribution in [0.2, 0.25) is 0 Å². The van der Waals surface area contributed by atoms with Gasteiger partial charge in [-0.05, 0) is 35.0 Å². The highest BCUT2D eigenvalue weighted by Crippen LogP contribution is 2.31. The van der Waals surface area contributed by atoms with Crippen molar-refractivity contribution in [2.24, 2.45) is 0 Å². The van der Waals surface area contributed by atoms with E-state index in [1.54, 1.807) is 24.9 Å². The van der Waals surface area contributed by atoms with Gasteiger partial charge in [-0.25, -0.2) is 4.68 Å². The molecule has 0 fully saturated rings. The minimum absolute atomic E-state index is 0.621. The largest absolute Gasteiger partial charge is 0.496 e. The first kappa shape index (κ1) is 12.1. The summed E-state index contributed by atoms with van der Waals surface area (Å²) in [6.07, 6.45) is 2.91. The van der Waals surface area contributed by atoms with Gasteiger partial charge in [0.2, 0.25) is 0 Å². The molecule has 0 aliphatic carbocycles. The molecule has 0 amide bonds. The van der Waals surface area contributed by atoms with Gasteiger partial charge in [-0.3, -0.25) is 0 Å². The second-order valence-corrected chi connectivity index (χ2v) is 4.59. The van der Waals surface area contributed by atoms with Crippen molar-refractivity contribution in [1.82, 2.24) is 9.78 Å². The van der Waals surface area contributed by atoms with Gasteiger partial charge < -0.3 is 9.84 Å². The zero-order chi connectivity index (χ0) is 12.4. The minimum atomic E-state index is -0.621. The molecule has 1 atom stereocenters. The Morgan fingerprint density at radius 2 is 2.24 bits per heavy atom. The summed E-state index contributed by atoms with van der Waals surface area (Å²) in [5.74, 6) is 0.657. The van der Waals surface area contributed by atoms with Crippen LogP contribution in [0.25, 0.3) is 5.69 Å². The fourth-order valence-electron chi connectivity index (χ4n) is 1.76. The molecule has 0 radical (unpaired) electrons. The number of benzene rings is 1. The third-order valence-corrected chi connectivity index (χ3v) is 2.89. The van der Waals surface area contributed by atoms with Gasteiger partial charge in [0.05, 0.1) is 29.6 Å². The molecule has 90 valence electrons. The van der Waals surface area contributed by atoms with Crippen molar-refractivity contribution in [2.75, 3.05) is 7.11 Å². The average Bonchev–Trinajstić information content (AvgIpc) is 2.74. The predicted octanol–water partition coefficient (Wildman–Crippen LogP) is 2.70. The van der Waals surface area contributed by atoms with Crippen LogP contribution in [0, 0.1) is 0 Å². The van der Waals surface area contributed by atoms with E-state index in [1.807, 2.05) is 24.4 Å². The second kappa shape index (κ2) is 4.89. The molecule has 0 bridgehead atoms. The summed E-state index contributed by atoms with van der Waals surface area (Å²) < 4.78 is 7.85. The summed E-state index contributed by atoms with van der Waals surface area (Å²) in [5.41, 5.74) is 1.54. The second-order valence-electron chi connectivity index (χ2n) is 3.67. The van der Waals surface area contributed by atoms with Crippen molar-refractivity contribution >= 4 is 15.9 Å². The van der Waals surface area contributed by atoms with E-state index >= 15 is 0 Å². The van der Waals surface area contributed by atoms with E-state index in [0.29, 0.717) is 5.75 Å². The zero-order valence-corrected chi connectivity index (χ0v) is 11.2. The smallest absolute Gasteiger partial charge is 0.126 e. The van der Waals surface area contributed by atoms with Crippen LogP contribution in [0.1, 0.15) is 18.6 Å². The zero-order valence-electron chi connectivity index (χ0n) is 9.59. The molecule has 4 nitrogen and oxygen atoms in total. The van der Waals surface area contributed by atoms with Crippen molar-refractivity contribution in [2.45, 2.75) is 13.0 Å². The third kappa shape index (κ3) is 2.35. The molecule has 1 unspecified atom stereocenters. The normalized spacial score (nSPS) is 12.5. The van der Waals surface area contributed by atoms with E-state index in [0.717, 1.165) is 15.7 Å². The Hall–Kier alpha value is -1.33. The van der Waals surface area contributed by atoms with Gasteiger partial charge in [0, 0.05) is 11.8 Å². The summed E-state index contributed by atoms with van der Waals surface area (Å²) in [6.45, 7) is 1.71. The van der Waals surface area contributed by atoms with Gasteiger partial charge in [-0.2, -0.15) is 5.10 Å². The molecular formula is C12H13BrN2O2. The van der Waals surface area contributed by atoms with Crippen molar-refractivity contribution in [3.05, 3.63) is 40.6 Å². The fourth-order valence-corrected chi connectivity index (χ4v) is 2.05. The predicted molar refractivity (Wildman–Crippen MR) is 68.4 cm³/mol. The maximum Gasteiger partial charge on any atom is 0.126 e. The van der Waals surface area contributed by atoms with Crippen LogP contribution in [-0.4, -0.2) is 22.0 Å². The van der Waals surface area contributed by atoms with E-state index < -0.39 is 6.10 Å². The number of rotatable bonds is 3. The molecule has 2 rings (SSSR count). The number of nitrogens with zero attached hydrogens (tertiary/aromatic N) is 2. The van der Waals surface area contributed by atoms with Crippen molar-refractivity contribution in [1.29, 1.82) is 0 Å². The van der Waals surface area contributed by atoms with E-state index in [9.17, 15) is 5.11 Å². The monoisotopic (exact) mass is 296 g/mol. The Morgan fingerprint density at radius 1 is 1.47 bits per heavy atom. The number of aliphatic hydroxyl groups is 1. The van der Waals surface area contributed by atoms with Crippen LogP contribution in [0.3, 0.4) is 0 Å². The Labute approximate surface area is 108 Å². The Balaban J connectivity index is 2.60. The van der Waals surface area contributed by atoms with E-state index in [-0.39, 0.29) is 0 Å². The number of aromatic nitrogens is 2.